The van der Waals surface area contributed by atoms with Gasteiger partial charge in [-0.1, -0.05) is 18.2 Å². The van der Waals surface area contributed by atoms with Crippen LogP contribution in [0.25, 0.3) is 11.3 Å². The summed E-state index contributed by atoms with van der Waals surface area (Å²) in [5.41, 5.74) is 2.43. The number of aromatic carboxylic acids is 1. The summed E-state index contributed by atoms with van der Waals surface area (Å²) in [5.74, 6) is -0.343. The number of benzene rings is 1. The molecule has 1 aromatic carbocycles. The van der Waals surface area contributed by atoms with E-state index in [0.29, 0.717) is 17.2 Å². The summed E-state index contributed by atoms with van der Waals surface area (Å²) < 4.78 is 0. The smallest absolute Gasteiger partial charge is 0.336 e. The monoisotopic (exact) mass is 297 g/mol. The number of nitrogens with zero attached hydrogens (tertiary/aromatic N) is 3. The van der Waals surface area contributed by atoms with Crippen molar-refractivity contribution in [2.24, 2.45) is 5.92 Å². The van der Waals surface area contributed by atoms with Crippen molar-refractivity contribution in [1.29, 1.82) is 0 Å². The molecular weight excluding hydrogens is 278 g/mol. The summed E-state index contributed by atoms with van der Waals surface area (Å²) in [7, 11) is 2.13. The molecule has 2 heterocycles. The Hall–Kier alpha value is -2.27. The first-order chi connectivity index (χ1) is 10.6. The van der Waals surface area contributed by atoms with Gasteiger partial charge in [0, 0.05) is 18.3 Å². The lowest BCUT2D eigenvalue weighted by atomic mass is 10.0. The van der Waals surface area contributed by atoms with Crippen molar-refractivity contribution in [3.05, 3.63) is 47.9 Å². The van der Waals surface area contributed by atoms with Gasteiger partial charge < -0.3 is 10.0 Å². The molecule has 5 heteroatoms. The summed E-state index contributed by atoms with van der Waals surface area (Å²) in [6.45, 7) is 2.21. The van der Waals surface area contributed by atoms with Crippen LogP contribution in [0.15, 0.2) is 36.7 Å². The van der Waals surface area contributed by atoms with E-state index < -0.39 is 5.97 Å². The van der Waals surface area contributed by atoms with Crippen molar-refractivity contribution in [3.63, 3.8) is 0 Å². The van der Waals surface area contributed by atoms with Crippen molar-refractivity contribution >= 4 is 5.97 Å². The summed E-state index contributed by atoms with van der Waals surface area (Å²) in [4.78, 5) is 22.5. The lowest BCUT2D eigenvalue weighted by molar-refractivity contribution is 0.0697. The Morgan fingerprint density at radius 2 is 2.18 bits per heavy atom. The number of carboxylic acid groups (broad SMARTS) is 1. The molecule has 22 heavy (non-hydrogen) atoms. The minimum Gasteiger partial charge on any atom is -0.478 e. The highest BCUT2D eigenvalue weighted by Gasteiger charge is 2.20. The highest BCUT2D eigenvalue weighted by atomic mass is 16.4. The maximum atomic E-state index is 11.3. The van der Waals surface area contributed by atoms with Gasteiger partial charge in [0.25, 0.3) is 0 Å². The molecule has 1 saturated heterocycles. The second kappa shape index (κ2) is 6.23. The topological polar surface area (TPSA) is 66.3 Å². The van der Waals surface area contributed by atoms with Gasteiger partial charge in [0.2, 0.25) is 0 Å². The second-order valence-electron chi connectivity index (χ2n) is 5.87. The van der Waals surface area contributed by atoms with Crippen LogP contribution in [0.1, 0.15) is 22.5 Å². The highest BCUT2D eigenvalue weighted by molar-refractivity contribution is 5.95. The average molecular weight is 297 g/mol. The van der Waals surface area contributed by atoms with Crippen LogP contribution in [0.5, 0.6) is 0 Å². The van der Waals surface area contributed by atoms with Crippen LogP contribution >= 0.6 is 0 Å². The molecule has 1 aromatic heterocycles. The van der Waals surface area contributed by atoms with Crippen LogP contribution in [-0.2, 0) is 6.42 Å². The highest BCUT2D eigenvalue weighted by Crippen LogP contribution is 2.23. The van der Waals surface area contributed by atoms with Crippen LogP contribution in [0.3, 0.4) is 0 Å². The molecule has 0 spiro atoms. The fourth-order valence-electron chi connectivity index (χ4n) is 3.02. The fraction of sp³-hybridized carbons (Fsp3) is 0.353. The second-order valence-corrected chi connectivity index (χ2v) is 5.87. The standard InChI is InChI=1S/C17H19N3O2/c1-20-7-6-12(11-20)8-13-9-18-10-16(19-13)14-4-2-3-5-15(14)17(21)22/h2-5,9-10,12H,6-8,11H2,1H3,(H,21,22)/t12-/m0/s1. The quantitative estimate of drug-likeness (QED) is 0.938. The van der Waals surface area contributed by atoms with Crippen LogP contribution in [0.2, 0.25) is 0 Å². The minimum atomic E-state index is -0.944. The van der Waals surface area contributed by atoms with Gasteiger partial charge in [0.1, 0.15) is 0 Å². The molecule has 1 aliphatic rings. The van der Waals surface area contributed by atoms with E-state index in [0.717, 1.165) is 25.2 Å². The number of hydrogen-bond acceptors (Lipinski definition) is 4. The predicted molar refractivity (Wildman–Crippen MR) is 83.7 cm³/mol. The largest absolute Gasteiger partial charge is 0.478 e. The molecule has 2 aromatic rings. The minimum absolute atomic E-state index is 0.259. The van der Waals surface area contributed by atoms with E-state index in [9.17, 15) is 9.90 Å². The van der Waals surface area contributed by atoms with Gasteiger partial charge in [-0.05, 0) is 38.4 Å². The zero-order valence-electron chi connectivity index (χ0n) is 12.6. The zero-order valence-corrected chi connectivity index (χ0v) is 12.6. The van der Waals surface area contributed by atoms with Gasteiger partial charge >= 0.3 is 5.97 Å². The SMILES string of the molecule is CN1CC[C@@H](Cc2cncc(-c3ccccc3C(=O)O)n2)C1. The summed E-state index contributed by atoms with van der Waals surface area (Å²) >= 11 is 0. The molecule has 0 amide bonds. The van der Waals surface area contributed by atoms with Gasteiger partial charge in [0.15, 0.2) is 0 Å². The number of likely N-dealkylation sites (tertiary alicyclic amines) is 1. The first-order valence-corrected chi connectivity index (χ1v) is 7.45. The first-order valence-electron chi connectivity index (χ1n) is 7.45. The molecule has 0 unspecified atom stereocenters. The summed E-state index contributed by atoms with van der Waals surface area (Å²) in [6, 6.07) is 6.92. The van der Waals surface area contributed by atoms with Crippen LogP contribution in [0.4, 0.5) is 0 Å². The third-order valence-electron chi connectivity index (χ3n) is 4.10. The van der Waals surface area contributed by atoms with Crippen molar-refractivity contribution in [1.82, 2.24) is 14.9 Å². The Morgan fingerprint density at radius 1 is 1.36 bits per heavy atom. The Balaban J connectivity index is 1.87. The zero-order chi connectivity index (χ0) is 15.5. The molecule has 114 valence electrons. The van der Waals surface area contributed by atoms with Gasteiger partial charge in [0.05, 0.1) is 23.1 Å². The molecule has 0 radical (unpaired) electrons. The van der Waals surface area contributed by atoms with Crippen LogP contribution in [-0.4, -0.2) is 46.1 Å². The van der Waals surface area contributed by atoms with E-state index >= 15 is 0 Å². The lowest BCUT2D eigenvalue weighted by Crippen LogP contribution is -2.15. The summed E-state index contributed by atoms with van der Waals surface area (Å²) in [5, 5.41) is 9.30. The van der Waals surface area contributed by atoms with Gasteiger partial charge in [-0.25, -0.2) is 9.78 Å². The first kappa shape index (κ1) is 14.7. The predicted octanol–water partition coefficient (Wildman–Crippen LogP) is 2.34. The molecule has 1 atom stereocenters. The molecule has 5 nitrogen and oxygen atoms in total. The molecule has 3 rings (SSSR count). The van der Waals surface area contributed by atoms with E-state index in [1.165, 1.54) is 6.42 Å². The molecule has 1 aliphatic heterocycles. The Kier molecular flexibility index (Phi) is 4.15. The molecule has 0 bridgehead atoms. The van der Waals surface area contributed by atoms with E-state index in [1.54, 1.807) is 30.6 Å². The number of carboxylic acids is 1. The van der Waals surface area contributed by atoms with E-state index in [4.69, 9.17) is 0 Å². The average Bonchev–Trinajstić information content (AvgIpc) is 2.92. The van der Waals surface area contributed by atoms with Crippen LogP contribution in [0, 0.1) is 5.92 Å². The third-order valence-corrected chi connectivity index (χ3v) is 4.10. The van der Waals surface area contributed by atoms with Crippen molar-refractivity contribution in [2.45, 2.75) is 12.8 Å². The van der Waals surface area contributed by atoms with E-state index in [-0.39, 0.29) is 5.56 Å². The summed E-state index contributed by atoms with van der Waals surface area (Å²) in [6.07, 6.45) is 5.48. The molecular formula is C17H19N3O2. The number of rotatable bonds is 4. The molecule has 0 saturated carbocycles. The molecule has 0 aliphatic carbocycles. The fourth-order valence-corrected chi connectivity index (χ4v) is 3.02. The van der Waals surface area contributed by atoms with E-state index in [2.05, 4.69) is 21.9 Å². The lowest BCUT2D eigenvalue weighted by Gasteiger charge is -2.11. The third kappa shape index (κ3) is 3.14. The van der Waals surface area contributed by atoms with Gasteiger partial charge in [-0.3, -0.25) is 4.98 Å². The van der Waals surface area contributed by atoms with Crippen molar-refractivity contribution in [3.8, 4) is 11.3 Å². The Bertz CT molecular complexity index is 687. The number of aromatic nitrogens is 2. The van der Waals surface area contributed by atoms with Gasteiger partial charge in [-0.2, -0.15) is 0 Å². The Labute approximate surface area is 129 Å². The van der Waals surface area contributed by atoms with Gasteiger partial charge in [-0.15, -0.1) is 0 Å². The van der Waals surface area contributed by atoms with E-state index in [1.807, 2.05) is 6.07 Å². The van der Waals surface area contributed by atoms with Crippen LogP contribution < -0.4 is 0 Å². The maximum absolute atomic E-state index is 11.3. The molecule has 1 fully saturated rings. The number of carbonyl (C=O) groups is 1. The number of hydrogen-bond donors (Lipinski definition) is 1. The maximum Gasteiger partial charge on any atom is 0.336 e. The van der Waals surface area contributed by atoms with Crippen molar-refractivity contribution < 1.29 is 9.90 Å². The van der Waals surface area contributed by atoms with Crippen molar-refractivity contribution in [2.75, 3.05) is 20.1 Å². The Morgan fingerprint density at radius 3 is 2.91 bits per heavy atom. The molecule has 1 N–H and O–H groups in total. The normalized spacial score (nSPS) is 18.5.